The lowest BCUT2D eigenvalue weighted by Gasteiger charge is -2.26. The van der Waals surface area contributed by atoms with Crippen molar-refractivity contribution < 1.29 is 22.7 Å². The molecule has 1 atom stereocenters. The van der Waals surface area contributed by atoms with E-state index in [2.05, 4.69) is 0 Å². The zero-order chi connectivity index (χ0) is 22.4. The van der Waals surface area contributed by atoms with E-state index >= 15 is 0 Å². The van der Waals surface area contributed by atoms with Crippen molar-refractivity contribution in [3.8, 4) is 5.75 Å². The first-order valence-electron chi connectivity index (χ1n) is 9.71. The van der Waals surface area contributed by atoms with E-state index in [0.29, 0.717) is 29.0 Å². The minimum atomic E-state index is -4.38. The normalized spacial score (nSPS) is 12.3. The molecule has 2 N–H and O–H groups in total. The van der Waals surface area contributed by atoms with Crippen LogP contribution in [0.3, 0.4) is 0 Å². The third kappa shape index (κ3) is 5.64. The zero-order valence-electron chi connectivity index (χ0n) is 17.0. The minimum Gasteiger partial charge on any atom is -0.497 e. The topological polar surface area (TPSA) is 55.6 Å². The van der Waals surface area contributed by atoms with Crippen LogP contribution in [0.1, 0.15) is 22.7 Å². The van der Waals surface area contributed by atoms with E-state index in [0.717, 1.165) is 12.1 Å². The fraction of sp³-hybridized carbons (Fsp3) is 0.208. The molecule has 0 fully saturated rings. The highest BCUT2D eigenvalue weighted by molar-refractivity contribution is 5.97. The summed E-state index contributed by atoms with van der Waals surface area (Å²) >= 11 is 0. The number of nitrogens with zero attached hydrogens (tertiary/aromatic N) is 1. The van der Waals surface area contributed by atoms with E-state index in [1.54, 1.807) is 48.4 Å². The van der Waals surface area contributed by atoms with Crippen molar-refractivity contribution in [1.82, 2.24) is 0 Å². The van der Waals surface area contributed by atoms with Gasteiger partial charge in [-0.3, -0.25) is 4.79 Å². The fourth-order valence-corrected chi connectivity index (χ4v) is 3.20. The van der Waals surface area contributed by atoms with Crippen LogP contribution in [0.2, 0.25) is 0 Å². The van der Waals surface area contributed by atoms with E-state index in [1.807, 2.05) is 18.2 Å². The molecule has 3 aromatic rings. The molecule has 0 aliphatic heterocycles. The van der Waals surface area contributed by atoms with Crippen LogP contribution in [0.15, 0.2) is 78.9 Å². The smallest absolute Gasteiger partial charge is 0.416 e. The van der Waals surface area contributed by atoms with Crippen LogP contribution in [0.25, 0.3) is 0 Å². The van der Waals surface area contributed by atoms with Gasteiger partial charge in [0.05, 0.1) is 12.7 Å². The second-order valence-electron chi connectivity index (χ2n) is 7.02. The summed E-state index contributed by atoms with van der Waals surface area (Å²) in [6, 6.07) is 20.1. The van der Waals surface area contributed by atoms with Gasteiger partial charge in [0.1, 0.15) is 11.8 Å². The highest BCUT2D eigenvalue weighted by Gasteiger charge is 2.30. The first-order valence-corrected chi connectivity index (χ1v) is 9.71. The van der Waals surface area contributed by atoms with Gasteiger partial charge in [-0.05, 0) is 53.9 Å². The number of benzene rings is 3. The Bertz CT molecular complexity index is 988. The summed E-state index contributed by atoms with van der Waals surface area (Å²) in [6.07, 6.45) is -4.01. The molecule has 1 unspecified atom stereocenters. The Labute approximate surface area is 179 Å². The Hall–Kier alpha value is -3.32. The lowest BCUT2D eigenvalue weighted by atomic mass is 10.0. The molecular weight excluding hydrogens is 405 g/mol. The van der Waals surface area contributed by atoms with Crippen molar-refractivity contribution >= 4 is 11.6 Å². The van der Waals surface area contributed by atoms with Crippen molar-refractivity contribution in [2.45, 2.75) is 18.6 Å². The molecule has 0 radical (unpaired) electrons. The van der Waals surface area contributed by atoms with Gasteiger partial charge in [-0.1, -0.05) is 42.5 Å². The van der Waals surface area contributed by atoms with Crippen LogP contribution in [-0.4, -0.2) is 19.6 Å². The van der Waals surface area contributed by atoms with Gasteiger partial charge in [-0.2, -0.15) is 13.2 Å². The maximum absolute atomic E-state index is 13.2. The van der Waals surface area contributed by atoms with Gasteiger partial charge in [0, 0.05) is 12.2 Å². The van der Waals surface area contributed by atoms with Crippen molar-refractivity contribution in [2.24, 2.45) is 5.73 Å². The van der Waals surface area contributed by atoms with Gasteiger partial charge >= 0.3 is 6.18 Å². The third-order valence-corrected chi connectivity index (χ3v) is 4.98. The summed E-state index contributed by atoms with van der Waals surface area (Å²) in [5.74, 6) is 0.342. The minimum absolute atomic E-state index is 0.261. The second kappa shape index (κ2) is 9.66. The molecule has 4 nitrogen and oxygen atoms in total. The van der Waals surface area contributed by atoms with Gasteiger partial charge in [0.25, 0.3) is 0 Å². The van der Waals surface area contributed by atoms with Gasteiger partial charge in [0.2, 0.25) is 5.91 Å². The first-order chi connectivity index (χ1) is 14.8. The molecule has 0 spiro atoms. The van der Waals surface area contributed by atoms with E-state index in [1.165, 1.54) is 12.1 Å². The van der Waals surface area contributed by atoms with Crippen LogP contribution in [0.4, 0.5) is 18.9 Å². The Morgan fingerprint density at radius 3 is 2.13 bits per heavy atom. The van der Waals surface area contributed by atoms with Gasteiger partial charge in [-0.25, -0.2) is 0 Å². The number of halogens is 3. The predicted octanol–water partition coefficient (Wildman–Crippen LogP) is 4.99. The number of hydrogen-bond acceptors (Lipinski definition) is 3. The SMILES string of the molecule is COc1ccc(N(CCc2ccc(C(F)(F)F)cc2)C(=O)C(N)c2ccccc2)cc1. The summed E-state index contributed by atoms with van der Waals surface area (Å²) in [4.78, 5) is 14.8. The molecule has 0 saturated carbocycles. The fourth-order valence-electron chi connectivity index (χ4n) is 3.20. The number of anilines is 1. The van der Waals surface area contributed by atoms with Gasteiger partial charge in [-0.15, -0.1) is 0 Å². The van der Waals surface area contributed by atoms with Crippen LogP contribution in [-0.2, 0) is 17.4 Å². The average molecular weight is 428 g/mol. The van der Waals surface area contributed by atoms with Crippen LogP contribution >= 0.6 is 0 Å². The molecule has 3 aromatic carbocycles. The third-order valence-electron chi connectivity index (χ3n) is 4.98. The number of ether oxygens (including phenoxy) is 1. The number of amides is 1. The van der Waals surface area contributed by atoms with Crippen molar-refractivity contribution in [3.05, 3.63) is 95.6 Å². The van der Waals surface area contributed by atoms with Crippen molar-refractivity contribution in [1.29, 1.82) is 0 Å². The summed E-state index contributed by atoms with van der Waals surface area (Å²) in [7, 11) is 1.55. The lowest BCUT2D eigenvalue weighted by Crippen LogP contribution is -2.40. The monoisotopic (exact) mass is 428 g/mol. The molecule has 7 heteroatoms. The van der Waals surface area contributed by atoms with Crippen molar-refractivity contribution in [2.75, 3.05) is 18.6 Å². The molecule has 31 heavy (non-hydrogen) atoms. The lowest BCUT2D eigenvalue weighted by molar-refractivity contribution is -0.137. The number of carbonyl (C=O) groups is 1. The van der Waals surface area contributed by atoms with E-state index in [9.17, 15) is 18.0 Å². The maximum Gasteiger partial charge on any atom is 0.416 e. The molecule has 0 bridgehead atoms. The Balaban J connectivity index is 1.82. The van der Waals surface area contributed by atoms with E-state index < -0.39 is 17.8 Å². The molecule has 0 aliphatic carbocycles. The number of carbonyl (C=O) groups excluding carboxylic acids is 1. The second-order valence-corrected chi connectivity index (χ2v) is 7.02. The Morgan fingerprint density at radius 2 is 1.58 bits per heavy atom. The molecule has 162 valence electrons. The van der Waals surface area contributed by atoms with Gasteiger partial charge < -0.3 is 15.4 Å². The Morgan fingerprint density at radius 1 is 0.968 bits per heavy atom. The number of alkyl halides is 3. The Kier molecular flexibility index (Phi) is 6.97. The maximum atomic E-state index is 13.2. The summed E-state index contributed by atoms with van der Waals surface area (Å²) < 4.78 is 43.6. The largest absolute Gasteiger partial charge is 0.497 e. The number of rotatable bonds is 7. The average Bonchev–Trinajstić information content (AvgIpc) is 2.79. The quantitative estimate of drug-likeness (QED) is 0.577. The summed E-state index contributed by atoms with van der Waals surface area (Å²) in [6.45, 7) is 0.261. The molecular formula is C24H23F3N2O2. The highest BCUT2D eigenvalue weighted by Crippen LogP contribution is 2.29. The number of methoxy groups -OCH3 is 1. The van der Waals surface area contributed by atoms with Crippen LogP contribution in [0, 0.1) is 0 Å². The highest BCUT2D eigenvalue weighted by atomic mass is 19.4. The van der Waals surface area contributed by atoms with Crippen LogP contribution in [0.5, 0.6) is 5.75 Å². The molecule has 3 rings (SSSR count). The number of nitrogens with two attached hydrogens (primary N) is 1. The molecule has 1 amide bonds. The standard InChI is InChI=1S/C24H23F3N2O2/c1-31-21-13-11-20(12-14-21)29(23(30)22(28)18-5-3-2-4-6-18)16-15-17-7-9-19(10-8-17)24(25,26)27/h2-14,22H,15-16,28H2,1H3. The van der Waals surface area contributed by atoms with Crippen LogP contribution < -0.4 is 15.4 Å². The van der Waals surface area contributed by atoms with E-state index in [4.69, 9.17) is 10.5 Å². The van der Waals surface area contributed by atoms with Gasteiger partial charge in [0.15, 0.2) is 0 Å². The molecule has 0 aromatic heterocycles. The van der Waals surface area contributed by atoms with Crippen molar-refractivity contribution in [3.63, 3.8) is 0 Å². The van der Waals surface area contributed by atoms with E-state index in [-0.39, 0.29) is 12.5 Å². The predicted molar refractivity (Wildman–Crippen MR) is 114 cm³/mol. The molecule has 0 aliphatic rings. The summed E-state index contributed by atoms with van der Waals surface area (Å²) in [5.41, 5.74) is 7.52. The molecule has 0 saturated heterocycles. The first kappa shape index (κ1) is 22.4. The zero-order valence-corrected chi connectivity index (χ0v) is 17.0. The molecule has 0 heterocycles. The summed E-state index contributed by atoms with van der Waals surface area (Å²) in [5, 5.41) is 0. The number of hydrogen-bond donors (Lipinski definition) is 1.